The van der Waals surface area contributed by atoms with Crippen LogP contribution in [-0.4, -0.2) is 31.0 Å². The van der Waals surface area contributed by atoms with E-state index in [1.807, 2.05) is 84.9 Å². The van der Waals surface area contributed by atoms with Crippen LogP contribution in [0.2, 0.25) is 0 Å². The summed E-state index contributed by atoms with van der Waals surface area (Å²) in [4.78, 5) is 29.1. The number of carbonyl (C=O) groups excluding carboxylic acids is 2. The van der Waals surface area contributed by atoms with Crippen LogP contribution < -0.4 is 21.1 Å². The average molecular weight is 565 g/mol. The Balaban J connectivity index is 1.40. The molecule has 4 aromatic carbocycles. The summed E-state index contributed by atoms with van der Waals surface area (Å²) in [6, 6.07) is 30.7. The van der Waals surface area contributed by atoms with E-state index in [0.29, 0.717) is 17.9 Å². The number of carbonyl (C=O) groups is 2. The van der Waals surface area contributed by atoms with E-state index in [1.165, 1.54) is 0 Å². The van der Waals surface area contributed by atoms with Gasteiger partial charge in [-0.2, -0.15) is 4.99 Å². The predicted octanol–water partition coefficient (Wildman–Crippen LogP) is 6.08. The first-order valence-electron chi connectivity index (χ1n) is 13.8. The van der Waals surface area contributed by atoms with Crippen LogP contribution in [0.3, 0.4) is 0 Å². The lowest BCUT2D eigenvalue weighted by Gasteiger charge is -2.20. The SMILES string of the molecule is COc1c(NC(C)C)ccc(-c2ccccc2)c1CC(=O)NCc1ccc(/C(N)=N/C(=O)OCc2ccccc2)cc1. The third kappa shape index (κ3) is 8.20. The molecule has 0 unspecified atom stereocenters. The summed E-state index contributed by atoms with van der Waals surface area (Å²) >= 11 is 0. The summed E-state index contributed by atoms with van der Waals surface area (Å²) in [5, 5.41) is 6.41. The molecule has 8 nitrogen and oxygen atoms in total. The Hall–Kier alpha value is -5.11. The lowest BCUT2D eigenvalue weighted by Crippen LogP contribution is -2.25. The number of nitrogens with two attached hydrogens (primary N) is 1. The highest BCUT2D eigenvalue weighted by molar-refractivity contribution is 6.02. The van der Waals surface area contributed by atoms with Gasteiger partial charge >= 0.3 is 6.09 Å². The molecule has 0 aliphatic rings. The van der Waals surface area contributed by atoms with Gasteiger partial charge in [0.25, 0.3) is 0 Å². The summed E-state index contributed by atoms with van der Waals surface area (Å²) in [5.74, 6) is 0.569. The zero-order chi connectivity index (χ0) is 29.9. The smallest absolute Gasteiger partial charge is 0.435 e. The minimum Gasteiger partial charge on any atom is -0.494 e. The lowest BCUT2D eigenvalue weighted by molar-refractivity contribution is -0.120. The number of amidine groups is 1. The Morgan fingerprint density at radius 1 is 0.857 bits per heavy atom. The maximum Gasteiger partial charge on any atom is 0.435 e. The van der Waals surface area contributed by atoms with E-state index < -0.39 is 6.09 Å². The van der Waals surface area contributed by atoms with Crippen molar-refractivity contribution in [2.24, 2.45) is 10.7 Å². The zero-order valence-corrected chi connectivity index (χ0v) is 24.1. The molecule has 2 amide bonds. The molecule has 0 fully saturated rings. The highest BCUT2D eigenvalue weighted by atomic mass is 16.5. The maximum atomic E-state index is 13.2. The van der Waals surface area contributed by atoms with Crippen LogP contribution in [-0.2, 0) is 29.1 Å². The molecule has 42 heavy (non-hydrogen) atoms. The zero-order valence-electron chi connectivity index (χ0n) is 24.1. The minimum absolute atomic E-state index is 0.0547. The fraction of sp³-hybridized carbons (Fsp3) is 0.206. The summed E-state index contributed by atoms with van der Waals surface area (Å²) in [7, 11) is 1.62. The Morgan fingerprint density at radius 3 is 2.17 bits per heavy atom. The van der Waals surface area contributed by atoms with E-state index in [-0.39, 0.29) is 30.8 Å². The Kier molecular flexibility index (Phi) is 10.3. The van der Waals surface area contributed by atoms with E-state index in [9.17, 15) is 9.59 Å². The molecule has 0 aliphatic heterocycles. The van der Waals surface area contributed by atoms with E-state index in [1.54, 1.807) is 19.2 Å². The van der Waals surface area contributed by atoms with Crippen LogP contribution in [0, 0.1) is 0 Å². The molecule has 216 valence electrons. The van der Waals surface area contributed by atoms with E-state index >= 15 is 0 Å². The third-order valence-electron chi connectivity index (χ3n) is 6.49. The number of hydrogen-bond acceptors (Lipinski definition) is 5. The number of anilines is 1. The van der Waals surface area contributed by atoms with Gasteiger partial charge in [0.15, 0.2) is 0 Å². The number of nitrogens with one attached hydrogen (secondary N) is 2. The molecular weight excluding hydrogens is 528 g/mol. The highest BCUT2D eigenvalue weighted by Gasteiger charge is 2.19. The van der Waals surface area contributed by atoms with Gasteiger partial charge in [0.05, 0.1) is 19.2 Å². The van der Waals surface area contributed by atoms with Crippen LogP contribution in [0.15, 0.2) is 102 Å². The van der Waals surface area contributed by atoms with Crippen molar-refractivity contribution in [2.45, 2.75) is 39.5 Å². The number of amides is 2. The van der Waals surface area contributed by atoms with Crippen molar-refractivity contribution in [1.29, 1.82) is 0 Å². The molecule has 0 radical (unpaired) electrons. The predicted molar refractivity (Wildman–Crippen MR) is 167 cm³/mol. The first-order chi connectivity index (χ1) is 20.3. The van der Waals surface area contributed by atoms with Gasteiger partial charge in [0.2, 0.25) is 5.91 Å². The largest absolute Gasteiger partial charge is 0.494 e. The normalized spacial score (nSPS) is 11.2. The molecule has 4 aromatic rings. The van der Waals surface area contributed by atoms with Crippen LogP contribution in [0.1, 0.15) is 36.1 Å². The molecule has 0 aromatic heterocycles. The summed E-state index contributed by atoms with van der Waals surface area (Å²) in [6.07, 6.45) is -0.616. The van der Waals surface area contributed by atoms with Crippen molar-refractivity contribution < 1.29 is 19.1 Å². The average Bonchev–Trinajstić information content (AvgIpc) is 3.00. The van der Waals surface area contributed by atoms with Crippen LogP contribution in [0.5, 0.6) is 5.75 Å². The quantitative estimate of drug-likeness (QED) is 0.150. The second-order valence-electron chi connectivity index (χ2n) is 10.0. The highest BCUT2D eigenvalue weighted by Crippen LogP contribution is 2.37. The fourth-order valence-electron chi connectivity index (χ4n) is 4.48. The molecule has 0 spiro atoms. The van der Waals surface area contributed by atoms with Crippen LogP contribution in [0.25, 0.3) is 11.1 Å². The number of methoxy groups -OCH3 is 1. The summed E-state index contributed by atoms with van der Waals surface area (Å²) in [6.45, 7) is 4.55. The molecule has 0 saturated carbocycles. The second kappa shape index (κ2) is 14.5. The standard InChI is InChI=1S/C34H36N4O4/c1-23(2)37-30-19-18-28(26-12-8-5-9-13-26)29(32(30)41-3)20-31(39)36-21-24-14-16-27(17-15-24)33(35)38-34(40)42-22-25-10-6-4-7-11-25/h4-19,23,37H,20-22H2,1-3H3,(H,36,39)(H2,35,38,40). The second-order valence-corrected chi connectivity index (χ2v) is 10.0. The van der Waals surface area contributed by atoms with Crippen LogP contribution in [0.4, 0.5) is 10.5 Å². The first kappa shape index (κ1) is 29.9. The lowest BCUT2D eigenvalue weighted by atomic mass is 9.95. The van der Waals surface area contributed by atoms with Gasteiger partial charge in [-0.25, -0.2) is 4.79 Å². The van der Waals surface area contributed by atoms with E-state index in [0.717, 1.165) is 33.5 Å². The molecule has 4 rings (SSSR count). The number of benzene rings is 4. The molecule has 4 N–H and O–H groups in total. The van der Waals surface area contributed by atoms with Crippen molar-refractivity contribution in [3.8, 4) is 16.9 Å². The minimum atomic E-state index is -0.759. The number of rotatable bonds is 11. The van der Waals surface area contributed by atoms with Gasteiger partial charge in [-0.15, -0.1) is 0 Å². The topological polar surface area (TPSA) is 115 Å². The van der Waals surface area contributed by atoms with E-state index in [2.05, 4.69) is 29.5 Å². The summed E-state index contributed by atoms with van der Waals surface area (Å²) in [5.41, 5.74) is 11.9. The number of ether oxygens (including phenoxy) is 2. The van der Waals surface area contributed by atoms with Gasteiger partial charge in [0, 0.05) is 23.7 Å². The fourth-order valence-corrected chi connectivity index (χ4v) is 4.48. The van der Waals surface area contributed by atoms with Crippen molar-refractivity contribution in [1.82, 2.24) is 5.32 Å². The van der Waals surface area contributed by atoms with Crippen molar-refractivity contribution in [3.05, 3.63) is 119 Å². The third-order valence-corrected chi connectivity index (χ3v) is 6.49. The maximum absolute atomic E-state index is 13.2. The van der Waals surface area contributed by atoms with Crippen molar-refractivity contribution in [2.75, 3.05) is 12.4 Å². The Bertz CT molecular complexity index is 1520. The van der Waals surface area contributed by atoms with Gasteiger partial charge in [-0.3, -0.25) is 4.79 Å². The molecule has 0 heterocycles. The first-order valence-corrected chi connectivity index (χ1v) is 13.8. The van der Waals surface area contributed by atoms with Gasteiger partial charge < -0.3 is 25.8 Å². The van der Waals surface area contributed by atoms with Gasteiger partial charge in [-0.1, -0.05) is 91.0 Å². The number of hydrogen-bond donors (Lipinski definition) is 3. The van der Waals surface area contributed by atoms with Gasteiger partial charge in [0.1, 0.15) is 18.2 Å². The van der Waals surface area contributed by atoms with Crippen molar-refractivity contribution in [3.63, 3.8) is 0 Å². The number of nitrogens with zero attached hydrogens (tertiary/aromatic N) is 1. The van der Waals surface area contributed by atoms with Crippen molar-refractivity contribution >= 4 is 23.5 Å². The molecule has 0 atom stereocenters. The molecule has 0 saturated heterocycles. The Labute approximate surface area is 246 Å². The molecule has 8 heteroatoms. The monoisotopic (exact) mass is 564 g/mol. The van der Waals surface area contributed by atoms with E-state index in [4.69, 9.17) is 15.2 Å². The molecular formula is C34H36N4O4. The molecule has 0 aliphatic carbocycles. The number of aliphatic imine (C=N–C) groups is 1. The Morgan fingerprint density at radius 2 is 1.52 bits per heavy atom. The summed E-state index contributed by atoms with van der Waals surface area (Å²) < 4.78 is 11.0. The van der Waals surface area contributed by atoms with Crippen LogP contribution >= 0.6 is 0 Å². The molecule has 0 bridgehead atoms. The van der Waals surface area contributed by atoms with Gasteiger partial charge in [-0.05, 0) is 42.2 Å².